The number of ether oxygens (including phenoxy) is 1. The van der Waals surface area contributed by atoms with Crippen molar-refractivity contribution in [3.63, 3.8) is 0 Å². The lowest BCUT2D eigenvalue weighted by Crippen LogP contribution is -2.15. The van der Waals surface area contributed by atoms with E-state index in [-0.39, 0.29) is 11.3 Å². The number of carbonyl (C=O) groups is 2. The molecule has 0 N–H and O–H groups in total. The van der Waals surface area contributed by atoms with E-state index < -0.39 is 12.6 Å². The Morgan fingerprint density at radius 1 is 0.871 bits per heavy atom. The number of esters is 1. The van der Waals surface area contributed by atoms with Crippen LogP contribution in [0.3, 0.4) is 0 Å². The van der Waals surface area contributed by atoms with Crippen LogP contribution in [0.1, 0.15) is 20.7 Å². The van der Waals surface area contributed by atoms with Crippen molar-refractivity contribution >= 4 is 61.8 Å². The van der Waals surface area contributed by atoms with Crippen LogP contribution in [0.25, 0.3) is 22.2 Å². The number of benzene rings is 3. The Kier molecular flexibility index (Phi) is 6.37. The number of ketones is 1. The summed E-state index contributed by atoms with van der Waals surface area (Å²) < 4.78 is 6.27. The number of fused-ring (bicyclic) bond motifs is 1. The molecule has 0 radical (unpaired) electrons. The third-order valence-corrected chi connectivity index (χ3v) is 5.65. The van der Waals surface area contributed by atoms with Crippen molar-refractivity contribution in [3.8, 4) is 11.3 Å². The first-order valence-corrected chi connectivity index (χ1v) is 10.8. The average molecular weight is 515 g/mol. The van der Waals surface area contributed by atoms with Crippen molar-refractivity contribution in [3.05, 3.63) is 98.4 Å². The Balaban J connectivity index is 1.66. The van der Waals surface area contributed by atoms with Gasteiger partial charge in [0.1, 0.15) is 0 Å². The van der Waals surface area contributed by atoms with Gasteiger partial charge in [0.25, 0.3) is 0 Å². The predicted octanol–water partition coefficient (Wildman–Crippen LogP) is 7.01. The molecule has 0 spiro atoms. The molecule has 1 aromatic heterocycles. The molecule has 0 atom stereocenters. The minimum Gasteiger partial charge on any atom is -0.454 e. The fourth-order valence-electron chi connectivity index (χ4n) is 3.06. The van der Waals surface area contributed by atoms with Crippen molar-refractivity contribution in [2.75, 3.05) is 6.61 Å². The van der Waals surface area contributed by atoms with E-state index in [2.05, 4.69) is 20.9 Å². The summed E-state index contributed by atoms with van der Waals surface area (Å²) in [4.78, 5) is 29.9. The molecule has 0 saturated heterocycles. The molecule has 3 aromatic carbocycles. The molecule has 4 nitrogen and oxygen atoms in total. The SMILES string of the molecule is O=C(COC(=O)c1cc(-c2ccc(Br)cc2)nc2ccc(Cl)cc12)c1ccc(Cl)cc1. The second-order valence-electron chi connectivity index (χ2n) is 6.73. The van der Waals surface area contributed by atoms with Crippen LogP contribution in [0, 0.1) is 0 Å². The van der Waals surface area contributed by atoms with Gasteiger partial charge >= 0.3 is 5.97 Å². The van der Waals surface area contributed by atoms with Crippen LogP contribution in [0.5, 0.6) is 0 Å². The Morgan fingerprint density at radius 2 is 1.55 bits per heavy atom. The molecule has 0 aliphatic heterocycles. The first-order chi connectivity index (χ1) is 14.9. The van der Waals surface area contributed by atoms with Gasteiger partial charge in [0.2, 0.25) is 0 Å². The molecule has 0 amide bonds. The Bertz CT molecular complexity index is 1290. The van der Waals surface area contributed by atoms with Crippen molar-refractivity contribution < 1.29 is 14.3 Å². The second-order valence-corrected chi connectivity index (χ2v) is 8.52. The molecule has 0 aliphatic carbocycles. The summed E-state index contributed by atoms with van der Waals surface area (Å²) in [7, 11) is 0. The van der Waals surface area contributed by atoms with Gasteiger partial charge in [0.05, 0.1) is 16.8 Å². The number of nitrogens with zero attached hydrogens (tertiary/aromatic N) is 1. The van der Waals surface area contributed by atoms with Gasteiger partial charge in [0.15, 0.2) is 12.4 Å². The standard InChI is InChI=1S/C24H14BrCl2NO3/c25-16-5-1-14(2-6-16)22-12-20(19-11-18(27)9-10-21(19)28-22)24(30)31-13-23(29)15-3-7-17(26)8-4-15/h1-12H,13H2. The number of hydrogen-bond donors (Lipinski definition) is 0. The van der Waals surface area contributed by atoms with Crippen LogP contribution in [0.4, 0.5) is 0 Å². The number of Topliss-reactive ketones (excluding diaryl/α,β-unsaturated/α-hetero) is 1. The number of carbonyl (C=O) groups excluding carboxylic acids is 2. The normalized spacial score (nSPS) is 10.8. The molecule has 0 unspecified atom stereocenters. The first kappa shape index (κ1) is 21.5. The van der Waals surface area contributed by atoms with E-state index in [1.807, 2.05) is 24.3 Å². The van der Waals surface area contributed by atoms with Crippen molar-refractivity contribution in [2.24, 2.45) is 0 Å². The predicted molar refractivity (Wildman–Crippen MR) is 126 cm³/mol. The Labute approximate surface area is 196 Å². The van der Waals surface area contributed by atoms with E-state index in [0.29, 0.717) is 32.2 Å². The van der Waals surface area contributed by atoms with Crippen LogP contribution in [-0.4, -0.2) is 23.3 Å². The van der Waals surface area contributed by atoms with Crippen molar-refractivity contribution in [1.82, 2.24) is 4.98 Å². The third kappa shape index (κ3) is 4.96. The lowest BCUT2D eigenvalue weighted by molar-refractivity contribution is 0.0476. The monoisotopic (exact) mass is 513 g/mol. The summed E-state index contributed by atoms with van der Waals surface area (Å²) in [5, 5.41) is 1.54. The largest absolute Gasteiger partial charge is 0.454 e. The summed E-state index contributed by atoms with van der Waals surface area (Å²) in [6.07, 6.45) is 0. The summed E-state index contributed by atoms with van der Waals surface area (Å²) in [5.41, 5.74) is 2.75. The molecule has 0 saturated carbocycles. The minimum atomic E-state index is -0.629. The van der Waals surface area contributed by atoms with Crippen LogP contribution in [0.2, 0.25) is 10.0 Å². The number of hydrogen-bond acceptors (Lipinski definition) is 4. The van der Waals surface area contributed by atoms with Gasteiger partial charge in [0, 0.05) is 31.0 Å². The summed E-state index contributed by atoms with van der Waals surface area (Å²) in [6.45, 7) is -0.390. The maximum Gasteiger partial charge on any atom is 0.339 e. The summed E-state index contributed by atoms with van der Waals surface area (Å²) in [6, 6.07) is 20.7. The second kappa shape index (κ2) is 9.18. The number of aromatic nitrogens is 1. The molecular weight excluding hydrogens is 501 g/mol. The van der Waals surface area contributed by atoms with Gasteiger partial charge in [-0.3, -0.25) is 4.79 Å². The molecule has 4 aromatic rings. The molecule has 7 heteroatoms. The van der Waals surface area contributed by atoms with E-state index in [0.717, 1.165) is 10.0 Å². The van der Waals surface area contributed by atoms with E-state index >= 15 is 0 Å². The van der Waals surface area contributed by atoms with Gasteiger partial charge in [-0.25, -0.2) is 9.78 Å². The molecule has 0 aliphatic rings. The Hall–Kier alpha value is -2.73. The van der Waals surface area contributed by atoms with Gasteiger partial charge in [-0.1, -0.05) is 51.3 Å². The molecule has 4 rings (SSSR count). The zero-order valence-corrected chi connectivity index (χ0v) is 19.0. The number of pyridine rings is 1. The number of halogens is 3. The highest BCUT2D eigenvalue weighted by Gasteiger charge is 2.18. The highest BCUT2D eigenvalue weighted by Crippen LogP contribution is 2.28. The molecule has 0 fully saturated rings. The maximum atomic E-state index is 12.9. The van der Waals surface area contributed by atoms with Crippen LogP contribution < -0.4 is 0 Å². The maximum absolute atomic E-state index is 12.9. The highest BCUT2D eigenvalue weighted by molar-refractivity contribution is 9.10. The zero-order valence-electron chi connectivity index (χ0n) is 15.9. The van der Waals surface area contributed by atoms with Gasteiger partial charge < -0.3 is 4.74 Å². The molecule has 31 heavy (non-hydrogen) atoms. The number of rotatable bonds is 5. The summed E-state index contributed by atoms with van der Waals surface area (Å²) >= 11 is 15.4. The van der Waals surface area contributed by atoms with E-state index in [1.54, 1.807) is 48.5 Å². The first-order valence-electron chi connectivity index (χ1n) is 9.23. The van der Waals surface area contributed by atoms with Gasteiger partial charge in [-0.05, 0) is 60.7 Å². The summed E-state index contributed by atoms with van der Waals surface area (Å²) in [5.74, 6) is -0.954. The molecular formula is C24H14BrCl2NO3. The minimum absolute atomic E-state index is 0.286. The quantitative estimate of drug-likeness (QED) is 0.212. The molecule has 1 heterocycles. The van der Waals surface area contributed by atoms with Gasteiger partial charge in [-0.2, -0.15) is 0 Å². The van der Waals surface area contributed by atoms with Crippen molar-refractivity contribution in [2.45, 2.75) is 0 Å². The van der Waals surface area contributed by atoms with E-state index in [4.69, 9.17) is 27.9 Å². The van der Waals surface area contributed by atoms with Crippen LogP contribution >= 0.6 is 39.1 Å². The molecule has 0 bridgehead atoms. The average Bonchev–Trinajstić information content (AvgIpc) is 2.77. The highest BCUT2D eigenvalue weighted by atomic mass is 79.9. The lowest BCUT2D eigenvalue weighted by atomic mass is 10.0. The topological polar surface area (TPSA) is 56.3 Å². The van der Waals surface area contributed by atoms with Crippen LogP contribution in [-0.2, 0) is 4.74 Å². The van der Waals surface area contributed by atoms with Crippen LogP contribution in [0.15, 0.2) is 77.3 Å². The fraction of sp³-hybridized carbons (Fsp3) is 0.0417. The Morgan fingerprint density at radius 3 is 2.26 bits per heavy atom. The van der Waals surface area contributed by atoms with E-state index in [1.165, 1.54) is 0 Å². The smallest absolute Gasteiger partial charge is 0.339 e. The van der Waals surface area contributed by atoms with Crippen molar-refractivity contribution in [1.29, 1.82) is 0 Å². The van der Waals surface area contributed by atoms with E-state index in [9.17, 15) is 9.59 Å². The third-order valence-electron chi connectivity index (χ3n) is 4.63. The molecule has 154 valence electrons. The fourth-order valence-corrected chi connectivity index (χ4v) is 3.63. The zero-order chi connectivity index (χ0) is 22.0. The van der Waals surface area contributed by atoms with Gasteiger partial charge in [-0.15, -0.1) is 0 Å². The lowest BCUT2D eigenvalue weighted by Gasteiger charge is -2.11.